The van der Waals surface area contributed by atoms with Crippen LogP contribution in [0.5, 0.6) is 0 Å². The summed E-state index contributed by atoms with van der Waals surface area (Å²) < 4.78 is 2.35. The van der Waals surface area contributed by atoms with Gasteiger partial charge in [-0.3, -0.25) is 4.98 Å². The molecule has 1 saturated carbocycles. The molecule has 0 unspecified atom stereocenters. The van der Waals surface area contributed by atoms with Gasteiger partial charge in [-0.1, -0.05) is 49.6 Å². The number of nitrogen functional groups attached to an aromatic ring is 1. The van der Waals surface area contributed by atoms with Crippen LogP contribution in [0.2, 0.25) is 0 Å². The van der Waals surface area contributed by atoms with Gasteiger partial charge in [0.25, 0.3) is 0 Å². The fourth-order valence-electron chi connectivity index (χ4n) is 5.41. The number of hydrogen-bond donors (Lipinski definition) is 2. The largest absolute Gasteiger partial charge is 0.398 e. The van der Waals surface area contributed by atoms with E-state index in [-0.39, 0.29) is 5.54 Å². The molecular weight excluding hydrogens is 392 g/mol. The first kappa shape index (κ1) is 20.7. The fourth-order valence-corrected chi connectivity index (χ4v) is 5.41. The van der Waals surface area contributed by atoms with E-state index < -0.39 is 0 Å². The second-order valence-corrected chi connectivity index (χ2v) is 9.28. The summed E-state index contributed by atoms with van der Waals surface area (Å²) in [7, 11) is 0. The Bertz CT molecular complexity index is 1210. The molecule has 4 aromatic rings. The van der Waals surface area contributed by atoms with E-state index in [1.807, 2.05) is 12.3 Å². The number of anilines is 2. The number of rotatable bonds is 7. The molecule has 2 heterocycles. The van der Waals surface area contributed by atoms with E-state index in [0.29, 0.717) is 0 Å². The lowest BCUT2D eigenvalue weighted by molar-refractivity contribution is -0.671. The minimum atomic E-state index is 0.191. The summed E-state index contributed by atoms with van der Waals surface area (Å²) in [6.45, 7) is 1.02. The van der Waals surface area contributed by atoms with Crippen LogP contribution in [0.15, 0.2) is 73.1 Å². The van der Waals surface area contributed by atoms with Crippen LogP contribution < -0.4 is 15.6 Å². The number of aryl methyl sites for hydroxylation is 1. The molecule has 2 aromatic heterocycles. The van der Waals surface area contributed by atoms with Gasteiger partial charge in [0.2, 0.25) is 5.52 Å². The zero-order valence-corrected chi connectivity index (χ0v) is 18.8. The lowest BCUT2D eigenvalue weighted by Crippen LogP contribution is -2.41. The Morgan fingerprint density at radius 2 is 1.66 bits per heavy atom. The zero-order chi connectivity index (χ0) is 21.8. The molecule has 0 atom stereocenters. The lowest BCUT2D eigenvalue weighted by Gasteiger charge is -2.39. The van der Waals surface area contributed by atoms with Crippen LogP contribution in [-0.4, -0.2) is 10.5 Å². The molecule has 164 valence electrons. The summed E-state index contributed by atoms with van der Waals surface area (Å²) in [4.78, 5) is 4.55. The Balaban J connectivity index is 1.29. The molecule has 1 fully saturated rings. The second kappa shape index (κ2) is 9.15. The highest BCUT2D eigenvalue weighted by molar-refractivity contribution is 5.91. The van der Waals surface area contributed by atoms with Gasteiger partial charge < -0.3 is 11.1 Å². The molecule has 0 radical (unpaired) electrons. The van der Waals surface area contributed by atoms with E-state index in [1.54, 1.807) is 0 Å². The normalized spacial score (nSPS) is 15.8. The van der Waals surface area contributed by atoms with Crippen molar-refractivity contribution >= 4 is 33.2 Å². The van der Waals surface area contributed by atoms with Gasteiger partial charge >= 0.3 is 0 Å². The number of para-hydroxylation sites is 2. The van der Waals surface area contributed by atoms with E-state index in [9.17, 15) is 0 Å². The third kappa shape index (κ3) is 4.27. The highest BCUT2D eigenvalue weighted by atomic mass is 15.0. The fraction of sp³-hybridized carbons (Fsp3) is 0.357. The summed E-state index contributed by atoms with van der Waals surface area (Å²) in [6.07, 6.45) is 14.1. The maximum Gasteiger partial charge on any atom is 0.214 e. The first-order chi connectivity index (χ1) is 15.7. The SMILES string of the molecule is Nc1cc[n+](CCCCC2(Nc3ccnc4ccccc34)CCCCC2)c2ccccc12. The third-order valence-electron chi connectivity index (χ3n) is 7.12. The van der Waals surface area contributed by atoms with E-state index in [4.69, 9.17) is 5.73 Å². The molecule has 0 saturated heterocycles. The van der Waals surface area contributed by atoms with Crippen molar-refractivity contribution in [2.75, 3.05) is 11.1 Å². The van der Waals surface area contributed by atoms with Crippen molar-refractivity contribution in [3.05, 3.63) is 73.1 Å². The molecule has 0 bridgehead atoms. The van der Waals surface area contributed by atoms with Gasteiger partial charge in [0.15, 0.2) is 6.20 Å². The Morgan fingerprint density at radius 3 is 2.53 bits per heavy atom. The van der Waals surface area contributed by atoms with E-state index in [2.05, 4.69) is 75.7 Å². The first-order valence-corrected chi connectivity index (χ1v) is 12.0. The van der Waals surface area contributed by atoms with Crippen LogP contribution in [0.3, 0.4) is 0 Å². The predicted molar refractivity (Wildman–Crippen MR) is 134 cm³/mol. The smallest absolute Gasteiger partial charge is 0.214 e. The number of nitrogens with zero attached hydrogens (tertiary/aromatic N) is 2. The highest BCUT2D eigenvalue weighted by Crippen LogP contribution is 2.37. The van der Waals surface area contributed by atoms with Crippen molar-refractivity contribution in [2.45, 2.75) is 63.5 Å². The minimum Gasteiger partial charge on any atom is -0.398 e. The van der Waals surface area contributed by atoms with Gasteiger partial charge in [-0.25, -0.2) is 0 Å². The summed E-state index contributed by atoms with van der Waals surface area (Å²) >= 11 is 0. The molecule has 4 nitrogen and oxygen atoms in total. The van der Waals surface area contributed by atoms with Crippen molar-refractivity contribution in [2.24, 2.45) is 0 Å². The Morgan fingerprint density at radius 1 is 0.875 bits per heavy atom. The Kier molecular flexibility index (Phi) is 5.93. The Labute approximate surface area is 190 Å². The number of nitrogens with one attached hydrogen (secondary N) is 1. The number of pyridine rings is 2. The zero-order valence-electron chi connectivity index (χ0n) is 18.8. The standard InChI is InChI=1S/C28H32N4/c29-24-15-21-32(27-13-5-3-10-22(24)27)20-9-8-18-28(16-6-1-7-17-28)31-26-14-19-30-25-12-4-2-11-23(25)26/h2-5,10-15,19,21,29H,1,6-9,16-18,20H2,(H,30,31)/p+1. The molecule has 5 rings (SSSR count). The van der Waals surface area contributed by atoms with Crippen molar-refractivity contribution in [3.8, 4) is 0 Å². The molecule has 0 spiro atoms. The van der Waals surface area contributed by atoms with Crippen LogP contribution in [0.4, 0.5) is 11.4 Å². The van der Waals surface area contributed by atoms with E-state index >= 15 is 0 Å². The van der Waals surface area contributed by atoms with Gasteiger partial charge in [0.1, 0.15) is 6.54 Å². The molecule has 0 aliphatic heterocycles. The summed E-state index contributed by atoms with van der Waals surface area (Å²) in [5.41, 5.74) is 10.7. The molecule has 4 heteroatoms. The summed E-state index contributed by atoms with van der Waals surface area (Å²) in [6, 6.07) is 21.1. The number of fused-ring (bicyclic) bond motifs is 2. The molecule has 2 aromatic carbocycles. The molecule has 1 aliphatic rings. The average molecular weight is 426 g/mol. The number of nitrogens with two attached hydrogens (primary N) is 1. The third-order valence-corrected chi connectivity index (χ3v) is 7.12. The number of benzene rings is 2. The monoisotopic (exact) mass is 425 g/mol. The van der Waals surface area contributed by atoms with Crippen molar-refractivity contribution in [1.29, 1.82) is 0 Å². The van der Waals surface area contributed by atoms with Gasteiger partial charge in [-0.15, -0.1) is 0 Å². The molecule has 1 aliphatic carbocycles. The topological polar surface area (TPSA) is 54.8 Å². The number of unbranched alkanes of at least 4 members (excludes halogenated alkanes) is 1. The Hall–Kier alpha value is -3.14. The van der Waals surface area contributed by atoms with Crippen molar-refractivity contribution in [3.63, 3.8) is 0 Å². The van der Waals surface area contributed by atoms with Gasteiger partial charge in [-0.2, -0.15) is 4.57 Å². The average Bonchev–Trinajstić information content (AvgIpc) is 2.84. The predicted octanol–water partition coefficient (Wildman–Crippen LogP) is 6.24. The molecular formula is C28H33N4+. The van der Waals surface area contributed by atoms with Crippen LogP contribution in [-0.2, 0) is 6.54 Å². The number of hydrogen-bond acceptors (Lipinski definition) is 3. The van der Waals surface area contributed by atoms with Crippen LogP contribution >= 0.6 is 0 Å². The summed E-state index contributed by atoms with van der Waals surface area (Å²) in [5, 5.41) is 6.38. The molecule has 3 N–H and O–H groups in total. The highest BCUT2D eigenvalue weighted by Gasteiger charge is 2.32. The maximum absolute atomic E-state index is 6.18. The number of aromatic nitrogens is 2. The molecule has 32 heavy (non-hydrogen) atoms. The maximum atomic E-state index is 6.18. The first-order valence-electron chi connectivity index (χ1n) is 12.0. The molecule has 0 amide bonds. The minimum absolute atomic E-state index is 0.191. The summed E-state index contributed by atoms with van der Waals surface area (Å²) in [5.74, 6) is 0. The van der Waals surface area contributed by atoms with Crippen LogP contribution in [0, 0.1) is 0 Å². The van der Waals surface area contributed by atoms with Gasteiger partial charge in [-0.05, 0) is 43.9 Å². The van der Waals surface area contributed by atoms with Crippen LogP contribution in [0.25, 0.3) is 21.8 Å². The van der Waals surface area contributed by atoms with Gasteiger partial charge in [0, 0.05) is 41.4 Å². The van der Waals surface area contributed by atoms with Gasteiger partial charge in [0.05, 0.1) is 16.6 Å². The lowest BCUT2D eigenvalue weighted by atomic mass is 9.78. The quantitative estimate of drug-likeness (QED) is 0.272. The van der Waals surface area contributed by atoms with E-state index in [0.717, 1.165) is 23.1 Å². The van der Waals surface area contributed by atoms with Crippen LogP contribution in [0.1, 0.15) is 51.4 Å². The van der Waals surface area contributed by atoms with Crippen molar-refractivity contribution in [1.82, 2.24) is 4.98 Å². The second-order valence-electron chi connectivity index (χ2n) is 9.28. The van der Waals surface area contributed by atoms with Crippen molar-refractivity contribution < 1.29 is 4.57 Å². The van der Waals surface area contributed by atoms with E-state index in [1.165, 1.54) is 68.0 Å².